The quantitative estimate of drug-likeness (QED) is 0.716. The van der Waals surface area contributed by atoms with Crippen LogP contribution in [0.2, 0.25) is 5.02 Å². The van der Waals surface area contributed by atoms with Crippen LogP contribution >= 0.6 is 11.6 Å². The molecule has 0 spiro atoms. The maximum atomic E-state index is 11.7. The Kier molecular flexibility index (Phi) is 7.61. The third-order valence-electron chi connectivity index (χ3n) is 2.94. The van der Waals surface area contributed by atoms with Crippen molar-refractivity contribution in [3.8, 4) is 0 Å². The molecule has 0 aliphatic carbocycles. The zero-order chi connectivity index (χ0) is 15.7. The minimum absolute atomic E-state index is 0.0392. The first-order chi connectivity index (χ1) is 10.0. The molecular weight excluding hydrogens is 294 g/mol. The van der Waals surface area contributed by atoms with Gasteiger partial charge in [-0.05, 0) is 30.5 Å². The molecule has 0 bridgehead atoms. The highest BCUT2D eigenvalue weighted by Crippen LogP contribution is 2.21. The van der Waals surface area contributed by atoms with E-state index in [1.807, 2.05) is 6.92 Å². The molecule has 6 heteroatoms. The lowest BCUT2D eigenvalue weighted by atomic mass is 10.0. The van der Waals surface area contributed by atoms with Crippen molar-refractivity contribution in [2.24, 2.45) is 0 Å². The van der Waals surface area contributed by atoms with E-state index in [-0.39, 0.29) is 6.42 Å². The van der Waals surface area contributed by atoms with E-state index in [0.29, 0.717) is 18.1 Å². The number of amides is 1. The van der Waals surface area contributed by atoms with Gasteiger partial charge in [0.15, 0.2) is 0 Å². The number of carboxylic acids is 1. The number of carboxylic acid groups (broad SMARTS) is 1. The molecule has 0 fully saturated rings. The Morgan fingerprint density at radius 2 is 2.00 bits per heavy atom. The second-order valence-corrected chi connectivity index (χ2v) is 5.11. The van der Waals surface area contributed by atoms with Crippen LogP contribution in [0.1, 0.15) is 44.2 Å². The summed E-state index contributed by atoms with van der Waals surface area (Å²) in [4.78, 5) is 22.4. The molecule has 116 valence electrons. The lowest BCUT2D eigenvalue weighted by Crippen LogP contribution is -2.30. The van der Waals surface area contributed by atoms with Gasteiger partial charge in [0.2, 0.25) is 0 Å². The minimum atomic E-state index is -0.907. The van der Waals surface area contributed by atoms with E-state index in [1.54, 1.807) is 24.3 Å². The van der Waals surface area contributed by atoms with Crippen LogP contribution in [-0.4, -0.2) is 23.8 Å². The largest absolute Gasteiger partial charge is 0.481 e. The summed E-state index contributed by atoms with van der Waals surface area (Å²) in [5.41, 5.74) is 0.799. The number of carbonyl (C=O) groups is 2. The number of unbranched alkanes of at least 4 members (excludes halogenated alkanes) is 1. The molecule has 0 aromatic heterocycles. The van der Waals surface area contributed by atoms with E-state index in [9.17, 15) is 9.59 Å². The average Bonchev–Trinajstić information content (AvgIpc) is 2.44. The first-order valence-corrected chi connectivity index (χ1v) is 7.31. The normalized spacial score (nSPS) is 11.7. The Morgan fingerprint density at radius 3 is 2.57 bits per heavy atom. The minimum Gasteiger partial charge on any atom is -0.481 e. The van der Waals surface area contributed by atoms with Crippen LogP contribution in [0, 0.1) is 0 Å². The highest BCUT2D eigenvalue weighted by atomic mass is 35.5. The van der Waals surface area contributed by atoms with Gasteiger partial charge in [0, 0.05) is 11.4 Å². The zero-order valence-corrected chi connectivity index (χ0v) is 12.7. The van der Waals surface area contributed by atoms with E-state index in [4.69, 9.17) is 21.4 Å². The molecule has 0 saturated carbocycles. The van der Waals surface area contributed by atoms with Gasteiger partial charge in [-0.25, -0.2) is 4.79 Å². The molecule has 1 aromatic carbocycles. The molecule has 1 aromatic rings. The van der Waals surface area contributed by atoms with Gasteiger partial charge < -0.3 is 15.2 Å². The van der Waals surface area contributed by atoms with Crippen LogP contribution in [0.25, 0.3) is 0 Å². The second kappa shape index (κ2) is 9.23. The summed E-state index contributed by atoms with van der Waals surface area (Å²) < 4.78 is 5.04. The Morgan fingerprint density at radius 1 is 1.33 bits per heavy atom. The molecule has 0 aliphatic heterocycles. The number of halogens is 1. The number of carbonyl (C=O) groups excluding carboxylic acids is 1. The van der Waals surface area contributed by atoms with Gasteiger partial charge in [-0.15, -0.1) is 0 Å². The molecule has 2 N–H and O–H groups in total. The number of aliphatic carboxylic acids is 1. The van der Waals surface area contributed by atoms with Crippen molar-refractivity contribution >= 4 is 23.7 Å². The predicted molar refractivity (Wildman–Crippen MR) is 80.5 cm³/mol. The fraction of sp³-hybridized carbons (Fsp3) is 0.467. The van der Waals surface area contributed by atoms with Crippen molar-refractivity contribution in [1.29, 1.82) is 0 Å². The SMILES string of the molecule is CCCCOC(=O)NC(CCC(=O)O)c1ccc(Cl)cc1. The molecule has 0 heterocycles. The number of ether oxygens (including phenoxy) is 1. The van der Waals surface area contributed by atoms with Crippen molar-refractivity contribution in [3.05, 3.63) is 34.9 Å². The lowest BCUT2D eigenvalue weighted by Gasteiger charge is -2.18. The molecule has 1 amide bonds. The first kappa shape index (κ1) is 17.3. The van der Waals surface area contributed by atoms with Gasteiger partial charge in [0.25, 0.3) is 0 Å². The van der Waals surface area contributed by atoms with Gasteiger partial charge in [-0.3, -0.25) is 4.79 Å². The Balaban J connectivity index is 2.65. The highest BCUT2D eigenvalue weighted by Gasteiger charge is 2.16. The van der Waals surface area contributed by atoms with Gasteiger partial charge in [-0.1, -0.05) is 37.1 Å². The van der Waals surface area contributed by atoms with E-state index in [1.165, 1.54) is 0 Å². The second-order valence-electron chi connectivity index (χ2n) is 4.67. The fourth-order valence-electron chi connectivity index (χ4n) is 1.78. The molecule has 1 unspecified atom stereocenters. The molecule has 1 rings (SSSR count). The predicted octanol–water partition coefficient (Wildman–Crippen LogP) is 3.77. The number of hydrogen-bond donors (Lipinski definition) is 2. The Labute approximate surface area is 129 Å². The molecule has 21 heavy (non-hydrogen) atoms. The number of alkyl carbamates (subject to hydrolysis) is 1. The standard InChI is InChI=1S/C15H20ClNO4/c1-2-3-10-21-15(20)17-13(8-9-14(18)19)11-4-6-12(16)7-5-11/h4-7,13H,2-3,8-10H2,1H3,(H,17,20)(H,18,19). The summed E-state index contributed by atoms with van der Waals surface area (Å²) in [5, 5.41) is 12.1. The van der Waals surface area contributed by atoms with Crippen molar-refractivity contribution in [2.75, 3.05) is 6.61 Å². The van der Waals surface area contributed by atoms with Crippen molar-refractivity contribution < 1.29 is 19.4 Å². The number of nitrogens with one attached hydrogen (secondary N) is 1. The molecular formula is C15H20ClNO4. The van der Waals surface area contributed by atoms with Gasteiger partial charge >= 0.3 is 12.1 Å². The summed E-state index contributed by atoms with van der Waals surface area (Å²) in [7, 11) is 0. The smallest absolute Gasteiger partial charge is 0.407 e. The van der Waals surface area contributed by atoms with E-state index in [2.05, 4.69) is 5.32 Å². The summed E-state index contributed by atoms with van der Waals surface area (Å²) in [5.74, 6) is -0.907. The maximum Gasteiger partial charge on any atom is 0.407 e. The summed E-state index contributed by atoms with van der Waals surface area (Å²) in [6.45, 7) is 2.36. The first-order valence-electron chi connectivity index (χ1n) is 6.93. The molecule has 0 aliphatic rings. The van der Waals surface area contributed by atoms with Crippen LogP contribution < -0.4 is 5.32 Å². The Hall–Kier alpha value is -1.75. The van der Waals surface area contributed by atoms with Gasteiger partial charge in [0.1, 0.15) is 0 Å². The van der Waals surface area contributed by atoms with Crippen LogP contribution in [0.5, 0.6) is 0 Å². The third kappa shape index (κ3) is 6.99. The van der Waals surface area contributed by atoms with Crippen molar-refractivity contribution in [3.63, 3.8) is 0 Å². The topological polar surface area (TPSA) is 75.6 Å². The van der Waals surface area contributed by atoms with E-state index < -0.39 is 18.1 Å². The number of benzene rings is 1. The molecule has 5 nitrogen and oxygen atoms in total. The van der Waals surface area contributed by atoms with Crippen LogP contribution in [0.4, 0.5) is 4.79 Å². The van der Waals surface area contributed by atoms with E-state index in [0.717, 1.165) is 18.4 Å². The van der Waals surface area contributed by atoms with Crippen molar-refractivity contribution in [1.82, 2.24) is 5.32 Å². The van der Waals surface area contributed by atoms with E-state index >= 15 is 0 Å². The van der Waals surface area contributed by atoms with Gasteiger partial charge in [-0.2, -0.15) is 0 Å². The molecule has 0 saturated heterocycles. The van der Waals surface area contributed by atoms with Gasteiger partial charge in [0.05, 0.1) is 12.6 Å². The average molecular weight is 314 g/mol. The van der Waals surface area contributed by atoms with Crippen molar-refractivity contribution in [2.45, 2.75) is 38.6 Å². The summed E-state index contributed by atoms with van der Waals surface area (Å²) >= 11 is 5.83. The fourth-order valence-corrected chi connectivity index (χ4v) is 1.90. The number of hydrogen-bond acceptors (Lipinski definition) is 3. The monoisotopic (exact) mass is 313 g/mol. The zero-order valence-electron chi connectivity index (χ0n) is 12.0. The maximum absolute atomic E-state index is 11.7. The highest BCUT2D eigenvalue weighted by molar-refractivity contribution is 6.30. The van der Waals surface area contributed by atoms with Crippen LogP contribution in [0.3, 0.4) is 0 Å². The molecule has 1 atom stereocenters. The Bertz CT molecular complexity index is 461. The van der Waals surface area contributed by atoms with Crippen LogP contribution in [-0.2, 0) is 9.53 Å². The third-order valence-corrected chi connectivity index (χ3v) is 3.19. The summed E-state index contributed by atoms with van der Waals surface area (Å²) in [6, 6.07) is 6.53. The summed E-state index contributed by atoms with van der Waals surface area (Å²) in [6.07, 6.45) is 1.46. The van der Waals surface area contributed by atoms with Crippen LogP contribution in [0.15, 0.2) is 24.3 Å². The molecule has 0 radical (unpaired) electrons. The lowest BCUT2D eigenvalue weighted by molar-refractivity contribution is -0.137. The number of rotatable bonds is 8.